The lowest BCUT2D eigenvalue weighted by atomic mass is 10.1. The summed E-state index contributed by atoms with van der Waals surface area (Å²) in [6.45, 7) is -0.0557. The van der Waals surface area contributed by atoms with Gasteiger partial charge in [0.05, 0.1) is 19.3 Å². The Balaban J connectivity index is 1.88. The molecule has 0 fully saturated rings. The first kappa shape index (κ1) is 23.1. The fourth-order valence-corrected chi connectivity index (χ4v) is 3.63. The quantitative estimate of drug-likeness (QED) is 0.454. The second-order valence-electron chi connectivity index (χ2n) is 7.65. The summed E-state index contributed by atoms with van der Waals surface area (Å²) in [4.78, 5) is 26.6. The fraction of sp³-hybridized carbons (Fsp3) is 0.160. The molecule has 0 aliphatic heterocycles. The van der Waals surface area contributed by atoms with Crippen LogP contribution in [0.5, 0.6) is 5.75 Å². The zero-order valence-electron chi connectivity index (χ0n) is 18.3. The maximum atomic E-state index is 14.3. The van der Waals surface area contributed by atoms with Crippen molar-refractivity contribution in [3.63, 3.8) is 0 Å². The molecule has 1 atom stereocenters. The standard InChI is InChI=1S/C25H22F2N4O3/c1-34-18-10-5-9-17(13-18)31-24(32)23(14-19-20(26)11-6-12-21(19)27)29-30(25(31)33)15-22(28)16-7-3-2-4-8-16/h2-13,22H,14-15,28H2,1H3/t22-/m0/s1. The fourth-order valence-electron chi connectivity index (χ4n) is 3.63. The highest BCUT2D eigenvalue weighted by Gasteiger charge is 2.20. The molecule has 0 radical (unpaired) electrons. The number of nitrogens with two attached hydrogens (primary N) is 1. The lowest BCUT2D eigenvalue weighted by Gasteiger charge is -2.16. The maximum Gasteiger partial charge on any atom is 0.352 e. The first-order chi connectivity index (χ1) is 16.4. The molecule has 0 bridgehead atoms. The van der Waals surface area contributed by atoms with Crippen LogP contribution in [0, 0.1) is 11.6 Å². The van der Waals surface area contributed by atoms with Crippen LogP contribution in [0.15, 0.2) is 82.4 Å². The van der Waals surface area contributed by atoms with Gasteiger partial charge in [0.25, 0.3) is 5.56 Å². The molecule has 0 saturated carbocycles. The van der Waals surface area contributed by atoms with Crippen LogP contribution in [-0.4, -0.2) is 21.5 Å². The molecule has 0 aliphatic carbocycles. The highest BCUT2D eigenvalue weighted by atomic mass is 19.1. The van der Waals surface area contributed by atoms with Crippen molar-refractivity contribution in [2.75, 3.05) is 7.11 Å². The van der Waals surface area contributed by atoms with Gasteiger partial charge >= 0.3 is 5.69 Å². The Kier molecular flexibility index (Phi) is 6.65. The minimum Gasteiger partial charge on any atom is -0.497 e. The third-order valence-corrected chi connectivity index (χ3v) is 5.42. The number of rotatable bonds is 7. The smallest absolute Gasteiger partial charge is 0.352 e. The summed E-state index contributed by atoms with van der Waals surface area (Å²) < 4.78 is 35.8. The molecule has 7 nitrogen and oxygen atoms in total. The molecule has 2 N–H and O–H groups in total. The van der Waals surface area contributed by atoms with Crippen molar-refractivity contribution in [2.24, 2.45) is 5.73 Å². The van der Waals surface area contributed by atoms with Crippen molar-refractivity contribution in [3.05, 3.63) is 122 Å². The summed E-state index contributed by atoms with van der Waals surface area (Å²) in [6.07, 6.45) is -0.442. The molecule has 0 spiro atoms. The Hall–Kier alpha value is -4.11. The molecular weight excluding hydrogens is 442 g/mol. The first-order valence-electron chi connectivity index (χ1n) is 10.5. The lowest BCUT2D eigenvalue weighted by molar-refractivity contribution is 0.414. The van der Waals surface area contributed by atoms with E-state index in [9.17, 15) is 18.4 Å². The summed E-state index contributed by atoms with van der Waals surface area (Å²) in [6, 6.07) is 18.3. The Morgan fingerprint density at radius 3 is 2.32 bits per heavy atom. The highest BCUT2D eigenvalue weighted by molar-refractivity contribution is 5.39. The minimum absolute atomic E-state index is 0.0557. The van der Waals surface area contributed by atoms with Crippen molar-refractivity contribution < 1.29 is 13.5 Å². The molecule has 1 aromatic heterocycles. The average Bonchev–Trinajstić information content (AvgIpc) is 2.85. The van der Waals surface area contributed by atoms with Gasteiger partial charge in [0, 0.05) is 24.1 Å². The largest absolute Gasteiger partial charge is 0.497 e. The topological polar surface area (TPSA) is 92.1 Å². The molecule has 0 amide bonds. The van der Waals surface area contributed by atoms with Crippen LogP contribution in [0.25, 0.3) is 5.69 Å². The zero-order chi connectivity index (χ0) is 24.2. The number of ether oxygens (including phenoxy) is 1. The van der Waals surface area contributed by atoms with E-state index in [2.05, 4.69) is 5.10 Å². The monoisotopic (exact) mass is 464 g/mol. The second kappa shape index (κ2) is 9.80. The van der Waals surface area contributed by atoms with E-state index in [4.69, 9.17) is 10.5 Å². The Bertz CT molecular complexity index is 1410. The van der Waals surface area contributed by atoms with Crippen molar-refractivity contribution >= 4 is 0 Å². The van der Waals surface area contributed by atoms with E-state index in [0.717, 1.165) is 26.9 Å². The summed E-state index contributed by atoms with van der Waals surface area (Å²) in [7, 11) is 1.46. The lowest BCUT2D eigenvalue weighted by Crippen LogP contribution is -2.44. The Morgan fingerprint density at radius 1 is 0.971 bits per heavy atom. The van der Waals surface area contributed by atoms with Crippen LogP contribution in [-0.2, 0) is 13.0 Å². The predicted molar refractivity (Wildman–Crippen MR) is 123 cm³/mol. The van der Waals surface area contributed by atoms with Gasteiger partial charge in [0.15, 0.2) is 0 Å². The van der Waals surface area contributed by atoms with Gasteiger partial charge in [0.2, 0.25) is 0 Å². The average molecular weight is 464 g/mol. The van der Waals surface area contributed by atoms with Gasteiger partial charge in [-0.1, -0.05) is 42.5 Å². The third kappa shape index (κ3) is 4.65. The molecular formula is C25H22F2N4O3. The highest BCUT2D eigenvalue weighted by Crippen LogP contribution is 2.17. The van der Waals surface area contributed by atoms with E-state index >= 15 is 0 Å². The third-order valence-electron chi connectivity index (χ3n) is 5.42. The van der Waals surface area contributed by atoms with Crippen LogP contribution in [0.1, 0.15) is 22.9 Å². The van der Waals surface area contributed by atoms with Crippen molar-refractivity contribution in [1.29, 1.82) is 0 Å². The van der Waals surface area contributed by atoms with Crippen LogP contribution in [0.4, 0.5) is 8.78 Å². The number of nitrogens with zero attached hydrogens (tertiary/aromatic N) is 3. The van der Waals surface area contributed by atoms with E-state index in [1.807, 2.05) is 30.3 Å². The molecule has 4 rings (SSSR count). The van der Waals surface area contributed by atoms with Crippen LogP contribution in [0.2, 0.25) is 0 Å². The zero-order valence-corrected chi connectivity index (χ0v) is 18.3. The molecule has 34 heavy (non-hydrogen) atoms. The molecule has 0 saturated heterocycles. The molecule has 3 aromatic carbocycles. The molecule has 4 aromatic rings. The molecule has 9 heteroatoms. The number of methoxy groups -OCH3 is 1. The van der Waals surface area contributed by atoms with Gasteiger partial charge in [-0.05, 0) is 29.8 Å². The molecule has 0 unspecified atom stereocenters. The molecule has 174 valence electrons. The molecule has 0 aliphatic rings. The number of hydrogen-bond acceptors (Lipinski definition) is 5. The Labute approximate surface area is 193 Å². The first-order valence-corrected chi connectivity index (χ1v) is 10.5. The van der Waals surface area contributed by atoms with Crippen molar-refractivity contribution in [3.8, 4) is 11.4 Å². The summed E-state index contributed by atoms with van der Waals surface area (Å²) in [5, 5.41) is 4.17. The van der Waals surface area contributed by atoms with Gasteiger partial charge < -0.3 is 10.5 Å². The maximum absolute atomic E-state index is 14.3. The number of aromatic nitrogens is 3. The van der Waals surface area contributed by atoms with Crippen molar-refractivity contribution in [2.45, 2.75) is 19.0 Å². The molecule has 1 heterocycles. The SMILES string of the molecule is COc1cccc(-n2c(=O)c(Cc3c(F)cccc3F)nn(C[C@H](N)c3ccccc3)c2=O)c1. The van der Waals surface area contributed by atoms with E-state index in [1.54, 1.807) is 18.2 Å². The van der Waals surface area contributed by atoms with Gasteiger partial charge in [-0.2, -0.15) is 5.10 Å². The van der Waals surface area contributed by atoms with Gasteiger partial charge in [0.1, 0.15) is 23.1 Å². The predicted octanol–water partition coefficient (Wildman–Crippen LogP) is 2.97. The van der Waals surface area contributed by atoms with Gasteiger partial charge in [-0.25, -0.2) is 22.8 Å². The van der Waals surface area contributed by atoms with Gasteiger partial charge in [-0.3, -0.25) is 4.79 Å². The van der Waals surface area contributed by atoms with E-state index in [1.165, 1.54) is 19.2 Å². The van der Waals surface area contributed by atoms with E-state index in [-0.39, 0.29) is 23.5 Å². The normalized spacial score (nSPS) is 11.9. The number of hydrogen-bond donors (Lipinski definition) is 1. The summed E-state index contributed by atoms with van der Waals surface area (Å²) in [5.74, 6) is -1.20. The van der Waals surface area contributed by atoms with E-state index < -0.39 is 35.3 Å². The van der Waals surface area contributed by atoms with Gasteiger partial charge in [-0.15, -0.1) is 0 Å². The van der Waals surface area contributed by atoms with Crippen LogP contribution >= 0.6 is 0 Å². The number of halogens is 2. The van der Waals surface area contributed by atoms with Crippen molar-refractivity contribution in [1.82, 2.24) is 14.3 Å². The summed E-state index contributed by atoms with van der Waals surface area (Å²) in [5.41, 5.74) is 5.24. The Morgan fingerprint density at radius 2 is 1.65 bits per heavy atom. The number of benzene rings is 3. The second-order valence-corrected chi connectivity index (χ2v) is 7.65. The summed E-state index contributed by atoms with van der Waals surface area (Å²) >= 11 is 0. The van der Waals surface area contributed by atoms with Crippen LogP contribution in [0.3, 0.4) is 0 Å². The minimum atomic E-state index is -0.812. The van der Waals surface area contributed by atoms with E-state index in [0.29, 0.717) is 5.75 Å². The van der Waals surface area contributed by atoms with Crippen LogP contribution < -0.4 is 21.7 Å².